The molecule has 1 saturated heterocycles. The lowest BCUT2D eigenvalue weighted by Gasteiger charge is -2.24. The van der Waals surface area contributed by atoms with Crippen LogP contribution < -0.4 is 10.6 Å². The third kappa shape index (κ3) is 3.20. The number of halogens is 1. The van der Waals surface area contributed by atoms with Crippen LogP contribution in [0.1, 0.15) is 30.6 Å². The van der Waals surface area contributed by atoms with Crippen molar-refractivity contribution in [3.05, 3.63) is 23.6 Å². The molecule has 1 unspecified atom stereocenters. The number of aromatic nitrogens is 1. The van der Waals surface area contributed by atoms with Crippen molar-refractivity contribution in [1.82, 2.24) is 10.3 Å². The molecule has 19 heavy (non-hydrogen) atoms. The van der Waals surface area contributed by atoms with E-state index in [0.29, 0.717) is 25.6 Å². The van der Waals surface area contributed by atoms with Crippen LogP contribution in [0.2, 0.25) is 0 Å². The summed E-state index contributed by atoms with van der Waals surface area (Å²) < 4.78 is 18.5. The van der Waals surface area contributed by atoms with Gasteiger partial charge in [-0.15, -0.1) is 0 Å². The summed E-state index contributed by atoms with van der Waals surface area (Å²) in [5.74, 6) is -0.473. The van der Waals surface area contributed by atoms with Crippen molar-refractivity contribution in [3.63, 3.8) is 0 Å². The minimum Gasteiger partial charge on any atom is -0.379 e. The van der Waals surface area contributed by atoms with Gasteiger partial charge in [-0.1, -0.05) is 0 Å². The van der Waals surface area contributed by atoms with Gasteiger partial charge in [-0.2, -0.15) is 0 Å². The predicted molar refractivity (Wildman–Crippen MR) is 69.7 cm³/mol. The first-order valence-electron chi connectivity index (χ1n) is 6.34. The van der Waals surface area contributed by atoms with Gasteiger partial charge in [0, 0.05) is 13.2 Å². The van der Waals surface area contributed by atoms with Crippen molar-refractivity contribution in [2.24, 2.45) is 0 Å². The third-order valence-corrected chi connectivity index (χ3v) is 3.08. The average Bonchev–Trinajstić information content (AvgIpc) is 2.78. The second kappa shape index (κ2) is 5.52. The van der Waals surface area contributed by atoms with Crippen molar-refractivity contribution in [3.8, 4) is 0 Å². The molecule has 1 aliphatic rings. The van der Waals surface area contributed by atoms with E-state index in [-0.39, 0.29) is 11.5 Å². The van der Waals surface area contributed by atoms with E-state index in [9.17, 15) is 9.18 Å². The fraction of sp³-hybridized carbons (Fsp3) is 0.538. The summed E-state index contributed by atoms with van der Waals surface area (Å²) in [6, 6.07) is 1.19. The number of carbonyl (C=O) groups excluding carboxylic acids is 1. The highest BCUT2D eigenvalue weighted by atomic mass is 19.1. The Balaban J connectivity index is 2.19. The van der Waals surface area contributed by atoms with Gasteiger partial charge in [0.05, 0.1) is 23.9 Å². The zero-order valence-corrected chi connectivity index (χ0v) is 11.1. The Morgan fingerprint density at radius 3 is 3.05 bits per heavy atom. The Morgan fingerprint density at radius 1 is 1.63 bits per heavy atom. The van der Waals surface area contributed by atoms with E-state index in [2.05, 4.69) is 15.6 Å². The number of amides is 1. The van der Waals surface area contributed by atoms with Gasteiger partial charge >= 0.3 is 0 Å². The summed E-state index contributed by atoms with van der Waals surface area (Å²) in [5, 5.41) is 5.84. The average molecular weight is 267 g/mol. The second-order valence-corrected chi connectivity index (χ2v) is 4.90. The van der Waals surface area contributed by atoms with Crippen molar-refractivity contribution in [2.45, 2.75) is 25.8 Å². The predicted octanol–water partition coefficient (Wildman–Crippen LogP) is 1.56. The maximum absolute atomic E-state index is 13.3. The lowest BCUT2D eigenvalue weighted by molar-refractivity contribution is 0.0890. The van der Waals surface area contributed by atoms with E-state index in [1.165, 1.54) is 6.07 Å². The Labute approximate surface area is 111 Å². The Morgan fingerprint density at radius 2 is 2.42 bits per heavy atom. The monoisotopic (exact) mass is 267 g/mol. The molecule has 0 radical (unpaired) electrons. The van der Waals surface area contributed by atoms with Crippen LogP contribution in [0.5, 0.6) is 0 Å². The van der Waals surface area contributed by atoms with E-state index in [0.717, 1.165) is 12.6 Å². The molecule has 0 spiro atoms. The van der Waals surface area contributed by atoms with Crippen molar-refractivity contribution in [1.29, 1.82) is 0 Å². The van der Waals surface area contributed by atoms with Gasteiger partial charge in [0.1, 0.15) is 11.6 Å². The van der Waals surface area contributed by atoms with Gasteiger partial charge < -0.3 is 15.4 Å². The van der Waals surface area contributed by atoms with Crippen LogP contribution in [0, 0.1) is 5.82 Å². The van der Waals surface area contributed by atoms with E-state index in [1.54, 1.807) is 0 Å². The number of nitrogens with zero attached hydrogens (tertiary/aromatic N) is 1. The zero-order chi connectivity index (χ0) is 13.9. The first-order chi connectivity index (χ1) is 9.04. The Kier molecular flexibility index (Phi) is 3.99. The van der Waals surface area contributed by atoms with Gasteiger partial charge in [0.2, 0.25) is 0 Å². The number of hydrogen-bond donors (Lipinski definition) is 2. The molecule has 2 heterocycles. The van der Waals surface area contributed by atoms with Crippen LogP contribution in [0.25, 0.3) is 0 Å². The smallest absolute Gasteiger partial charge is 0.255 e. The van der Waals surface area contributed by atoms with Crippen molar-refractivity contribution in [2.75, 3.05) is 25.1 Å². The van der Waals surface area contributed by atoms with Crippen molar-refractivity contribution >= 4 is 11.7 Å². The Hall–Kier alpha value is -1.69. The second-order valence-electron chi connectivity index (χ2n) is 4.90. The van der Waals surface area contributed by atoms with Crippen LogP contribution in [0.15, 0.2) is 12.3 Å². The number of nitrogens with one attached hydrogen (secondary N) is 2. The summed E-state index contributed by atoms with van der Waals surface area (Å²) in [5.41, 5.74) is -0.178. The molecule has 1 aromatic heterocycles. The molecule has 1 amide bonds. The van der Waals surface area contributed by atoms with Gasteiger partial charge in [-0.3, -0.25) is 4.79 Å². The molecule has 0 bridgehead atoms. The molecule has 2 N–H and O–H groups in total. The molecule has 1 aliphatic heterocycles. The molecule has 2 rings (SSSR count). The standard InChI is InChI=1S/C13H18FN3O2/c1-3-15-11-10(6-9(14)7-16-11)12(18)17-13(2)4-5-19-8-13/h6-7H,3-5,8H2,1-2H3,(H,15,16)(H,17,18). The van der Waals surface area contributed by atoms with Gasteiger partial charge in [0.15, 0.2) is 0 Å². The molecular weight excluding hydrogens is 249 g/mol. The molecule has 0 saturated carbocycles. The quantitative estimate of drug-likeness (QED) is 0.869. The number of hydrogen-bond acceptors (Lipinski definition) is 4. The summed E-state index contributed by atoms with van der Waals surface area (Å²) in [6.07, 6.45) is 1.84. The molecule has 6 heteroatoms. The van der Waals surface area contributed by atoms with Gasteiger partial charge in [-0.05, 0) is 26.3 Å². The Bertz CT molecular complexity index is 473. The lowest BCUT2D eigenvalue weighted by Crippen LogP contribution is -2.46. The highest BCUT2D eigenvalue weighted by Crippen LogP contribution is 2.20. The summed E-state index contributed by atoms with van der Waals surface area (Å²) in [6.45, 7) is 5.51. The van der Waals surface area contributed by atoms with E-state index in [1.807, 2.05) is 13.8 Å². The SMILES string of the molecule is CCNc1ncc(F)cc1C(=O)NC1(C)CCOC1. The lowest BCUT2D eigenvalue weighted by atomic mass is 10.0. The first kappa shape index (κ1) is 13.7. The van der Waals surface area contributed by atoms with Crippen LogP contribution >= 0.6 is 0 Å². The molecular formula is C13H18FN3O2. The van der Waals surface area contributed by atoms with Crippen LogP contribution in [0.4, 0.5) is 10.2 Å². The minimum absolute atomic E-state index is 0.218. The topological polar surface area (TPSA) is 63.2 Å². The fourth-order valence-electron chi connectivity index (χ4n) is 2.03. The number of carbonyl (C=O) groups is 1. The number of rotatable bonds is 4. The molecule has 1 atom stereocenters. The zero-order valence-electron chi connectivity index (χ0n) is 11.1. The molecule has 0 aliphatic carbocycles. The summed E-state index contributed by atoms with van der Waals surface area (Å²) in [7, 11) is 0. The summed E-state index contributed by atoms with van der Waals surface area (Å²) >= 11 is 0. The molecule has 5 nitrogen and oxygen atoms in total. The molecule has 1 fully saturated rings. The molecule has 1 aromatic rings. The first-order valence-corrected chi connectivity index (χ1v) is 6.34. The number of pyridine rings is 1. The number of ether oxygens (including phenoxy) is 1. The van der Waals surface area contributed by atoms with Crippen LogP contribution in [-0.4, -0.2) is 36.2 Å². The maximum atomic E-state index is 13.3. The van der Waals surface area contributed by atoms with Crippen molar-refractivity contribution < 1.29 is 13.9 Å². The van der Waals surface area contributed by atoms with E-state index >= 15 is 0 Å². The van der Waals surface area contributed by atoms with Gasteiger partial charge in [0.25, 0.3) is 5.91 Å². The normalized spacial score (nSPS) is 22.3. The van der Waals surface area contributed by atoms with E-state index < -0.39 is 11.4 Å². The van der Waals surface area contributed by atoms with Gasteiger partial charge in [-0.25, -0.2) is 9.37 Å². The van der Waals surface area contributed by atoms with Crippen LogP contribution in [-0.2, 0) is 4.74 Å². The highest BCUT2D eigenvalue weighted by molar-refractivity contribution is 5.99. The van der Waals surface area contributed by atoms with E-state index in [4.69, 9.17) is 4.74 Å². The largest absolute Gasteiger partial charge is 0.379 e. The minimum atomic E-state index is -0.528. The molecule has 0 aromatic carbocycles. The number of anilines is 1. The fourth-order valence-corrected chi connectivity index (χ4v) is 2.03. The summed E-state index contributed by atoms with van der Waals surface area (Å²) in [4.78, 5) is 16.1. The maximum Gasteiger partial charge on any atom is 0.255 e. The van der Waals surface area contributed by atoms with Crippen LogP contribution in [0.3, 0.4) is 0 Å². The molecule has 104 valence electrons. The third-order valence-electron chi connectivity index (χ3n) is 3.08. The highest BCUT2D eigenvalue weighted by Gasteiger charge is 2.32.